The first kappa shape index (κ1) is 19.3. The highest BCUT2D eigenvalue weighted by molar-refractivity contribution is 8.03. The van der Waals surface area contributed by atoms with Crippen molar-refractivity contribution in [2.45, 2.75) is 35.9 Å². The molecule has 144 valence electrons. The van der Waals surface area contributed by atoms with Gasteiger partial charge in [-0.1, -0.05) is 71.6 Å². The highest BCUT2D eigenvalue weighted by atomic mass is 32.2. The Bertz CT molecular complexity index is 945. The van der Waals surface area contributed by atoms with Gasteiger partial charge in [0, 0.05) is 22.9 Å². The average molecular weight is 407 g/mol. The molecule has 4 rings (SSSR count). The number of rotatable bonds is 5. The van der Waals surface area contributed by atoms with Crippen LogP contribution in [-0.2, 0) is 0 Å². The minimum atomic E-state index is 0.371. The van der Waals surface area contributed by atoms with Gasteiger partial charge in [0.15, 0.2) is 0 Å². The van der Waals surface area contributed by atoms with Crippen LogP contribution in [0.4, 0.5) is 11.4 Å². The van der Waals surface area contributed by atoms with Gasteiger partial charge in [-0.05, 0) is 51.1 Å². The van der Waals surface area contributed by atoms with Crippen LogP contribution in [0.3, 0.4) is 0 Å². The Morgan fingerprint density at radius 3 is 2.43 bits per heavy atom. The van der Waals surface area contributed by atoms with Gasteiger partial charge < -0.3 is 9.80 Å². The number of fused-ring (bicyclic) bond motifs is 2. The van der Waals surface area contributed by atoms with Crippen molar-refractivity contribution in [3.8, 4) is 0 Å². The van der Waals surface area contributed by atoms with Crippen molar-refractivity contribution in [3.05, 3.63) is 83.4 Å². The topological polar surface area (TPSA) is 6.48 Å². The summed E-state index contributed by atoms with van der Waals surface area (Å²) in [5.41, 5.74) is 3.95. The van der Waals surface area contributed by atoms with Crippen LogP contribution in [0, 0.1) is 0 Å². The summed E-state index contributed by atoms with van der Waals surface area (Å²) in [6, 6.07) is 17.3. The normalized spacial score (nSPS) is 20.3. The van der Waals surface area contributed by atoms with Gasteiger partial charge >= 0.3 is 0 Å². The first-order valence-electron chi connectivity index (χ1n) is 9.84. The molecule has 4 heteroatoms. The lowest BCUT2D eigenvalue weighted by Gasteiger charge is -2.22. The quantitative estimate of drug-likeness (QED) is 0.497. The third-order valence-corrected chi connectivity index (χ3v) is 7.42. The predicted molar refractivity (Wildman–Crippen MR) is 125 cm³/mol. The van der Waals surface area contributed by atoms with Crippen LogP contribution in [0.1, 0.15) is 20.8 Å². The molecule has 0 bridgehead atoms. The minimum Gasteiger partial charge on any atom is -0.355 e. The molecule has 2 aliphatic rings. The maximum absolute atomic E-state index is 2.46. The van der Waals surface area contributed by atoms with Crippen LogP contribution < -0.4 is 9.80 Å². The summed E-state index contributed by atoms with van der Waals surface area (Å²) in [6.07, 6.45) is 9.07. The Hall–Kier alpha value is -2.04. The third kappa shape index (κ3) is 3.76. The SMILES string of the molecule is CCN1\C(=C/C=C(C)/C=C/C2Sc3ccccc3N2CC)Sc2ccccc21. The van der Waals surface area contributed by atoms with Gasteiger partial charge in [-0.15, -0.1) is 0 Å². The van der Waals surface area contributed by atoms with E-state index in [2.05, 4.69) is 103 Å². The Morgan fingerprint density at radius 2 is 1.68 bits per heavy atom. The lowest BCUT2D eigenvalue weighted by atomic mass is 10.2. The van der Waals surface area contributed by atoms with Crippen molar-refractivity contribution < 1.29 is 0 Å². The van der Waals surface area contributed by atoms with Gasteiger partial charge in [0.05, 0.1) is 21.8 Å². The zero-order valence-corrected chi connectivity index (χ0v) is 18.3. The van der Waals surface area contributed by atoms with E-state index in [1.54, 1.807) is 0 Å². The Kier molecular flexibility index (Phi) is 5.88. The zero-order chi connectivity index (χ0) is 19.5. The number of thioether (sulfide) groups is 2. The fourth-order valence-electron chi connectivity index (χ4n) is 3.61. The molecule has 0 N–H and O–H groups in total. The number of likely N-dealkylation sites (N-methyl/N-ethyl adjacent to an activating group) is 1. The lowest BCUT2D eigenvalue weighted by molar-refractivity contribution is 0.877. The predicted octanol–water partition coefficient (Wildman–Crippen LogP) is 6.92. The molecule has 0 radical (unpaired) electrons. The van der Waals surface area contributed by atoms with Crippen molar-refractivity contribution in [2.24, 2.45) is 0 Å². The Labute approximate surface area is 177 Å². The van der Waals surface area contributed by atoms with Crippen LogP contribution in [0.25, 0.3) is 0 Å². The number of benzene rings is 2. The number of hydrogen-bond acceptors (Lipinski definition) is 4. The van der Waals surface area contributed by atoms with E-state index in [0.717, 1.165) is 13.1 Å². The summed E-state index contributed by atoms with van der Waals surface area (Å²) in [6.45, 7) is 8.62. The van der Waals surface area contributed by atoms with Gasteiger partial charge in [-0.2, -0.15) is 0 Å². The van der Waals surface area contributed by atoms with Crippen molar-refractivity contribution in [2.75, 3.05) is 22.9 Å². The summed E-state index contributed by atoms with van der Waals surface area (Å²) in [4.78, 5) is 7.57. The van der Waals surface area contributed by atoms with Gasteiger partial charge in [0.25, 0.3) is 0 Å². The van der Waals surface area contributed by atoms with E-state index in [1.165, 1.54) is 31.8 Å². The van der Waals surface area contributed by atoms with Crippen LogP contribution in [0.2, 0.25) is 0 Å². The van der Waals surface area contributed by atoms with E-state index < -0.39 is 0 Å². The molecule has 0 spiro atoms. The number of hydrogen-bond donors (Lipinski definition) is 0. The van der Waals surface area contributed by atoms with Gasteiger partial charge in [-0.25, -0.2) is 0 Å². The number of nitrogens with zero attached hydrogens (tertiary/aromatic N) is 2. The molecule has 2 heterocycles. The number of anilines is 2. The molecule has 2 aromatic carbocycles. The summed E-state index contributed by atoms with van der Waals surface area (Å²) >= 11 is 3.79. The molecule has 0 aromatic heterocycles. The van der Waals surface area contributed by atoms with E-state index in [4.69, 9.17) is 0 Å². The summed E-state index contributed by atoms with van der Waals surface area (Å²) in [5, 5.41) is 1.67. The standard InChI is InChI=1S/C24H26N2S2/c1-4-25-19-10-6-8-12-21(19)27-23(25)16-14-18(3)15-17-24-26(5-2)20-11-7-9-13-22(20)28-24/h6-17,23H,4-5H2,1-3H3/b16-14+,18-15+,24-17+. The van der Waals surface area contributed by atoms with Gasteiger partial charge in [-0.3, -0.25) is 0 Å². The molecule has 28 heavy (non-hydrogen) atoms. The third-order valence-electron chi connectivity index (χ3n) is 5.04. The van der Waals surface area contributed by atoms with Gasteiger partial charge in [0.1, 0.15) is 0 Å². The van der Waals surface area contributed by atoms with E-state index in [0.29, 0.717) is 5.37 Å². The monoisotopic (exact) mass is 406 g/mol. The molecule has 0 aliphatic carbocycles. The first-order valence-corrected chi connectivity index (χ1v) is 11.5. The molecular weight excluding hydrogens is 380 g/mol. The van der Waals surface area contributed by atoms with Gasteiger partial charge in [0.2, 0.25) is 0 Å². The van der Waals surface area contributed by atoms with Crippen molar-refractivity contribution in [3.63, 3.8) is 0 Å². The van der Waals surface area contributed by atoms with Crippen molar-refractivity contribution in [1.29, 1.82) is 0 Å². The average Bonchev–Trinajstić information content (AvgIpc) is 3.27. The highest BCUT2D eigenvalue weighted by Crippen LogP contribution is 2.46. The Morgan fingerprint density at radius 1 is 0.964 bits per heavy atom. The molecule has 0 fully saturated rings. The van der Waals surface area contributed by atoms with Crippen LogP contribution in [0.15, 0.2) is 93.2 Å². The largest absolute Gasteiger partial charge is 0.355 e. The molecule has 1 atom stereocenters. The second-order valence-corrected chi connectivity index (χ2v) is 9.07. The summed E-state index contributed by atoms with van der Waals surface area (Å²) in [5.74, 6) is 0. The van der Waals surface area contributed by atoms with E-state index in [-0.39, 0.29) is 0 Å². The molecule has 1 unspecified atom stereocenters. The molecule has 2 aliphatic heterocycles. The molecular formula is C24H26N2S2. The molecule has 0 saturated heterocycles. The van der Waals surface area contributed by atoms with E-state index >= 15 is 0 Å². The van der Waals surface area contributed by atoms with Crippen LogP contribution in [0.5, 0.6) is 0 Å². The van der Waals surface area contributed by atoms with E-state index in [9.17, 15) is 0 Å². The number of allylic oxidation sites excluding steroid dienone is 4. The van der Waals surface area contributed by atoms with Crippen molar-refractivity contribution >= 4 is 34.9 Å². The molecule has 2 aromatic rings. The molecule has 0 saturated carbocycles. The maximum Gasteiger partial charge on any atom is 0.0985 e. The summed E-state index contributed by atoms with van der Waals surface area (Å²) < 4.78 is 0. The smallest absolute Gasteiger partial charge is 0.0985 e. The Balaban J connectivity index is 1.48. The number of para-hydroxylation sites is 2. The zero-order valence-electron chi connectivity index (χ0n) is 16.6. The molecule has 0 amide bonds. The first-order chi connectivity index (χ1) is 13.7. The lowest BCUT2D eigenvalue weighted by Crippen LogP contribution is -2.27. The highest BCUT2D eigenvalue weighted by Gasteiger charge is 2.26. The van der Waals surface area contributed by atoms with Crippen LogP contribution in [-0.4, -0.2) is 18.5 Å². The molecule has 2 nitrogen and oxygen atoms in total. The van der Waals surface area contributed by atoms with Crippen molar-refractivity contribution in [1.82, 2.24) is 0 Å². The second kappa shape index (κ2) is 8.54. The second-order valence-electron chi connectivity index (χ2n) is 6.85. The fraction of sp³-hybridized carbons (Fsp3) is 0.250. The van der Waals surface area contributed by atoms with E-state index in [1.807, 2.05) is 23.5 Å². The minimum absolute atomic E-state index is 0.371. The van der Waals surface area contributed by atoms with Crippen LogP contribution >= 0.6 is 23.5 Å². The maximum atomic E-state index is 2.46. The summed E-state index contributed by atoms with van der Waals surface area (Å²) in [7, 11) is 0. The fourth-order valence-corrected chi connectivity index (χ4v) is 6.01.